The summed E-state index contributed by atoms with van der Waals surface area (Å²) in [5.74, 6) is 2.20. The van der Waals surface area contributed by atoms with Crippen LogP contribution in [-0.2, 0) is 0 Å². The molecule has 16 heavy (non-hydrogen) atoms. The summed E-state index contributed by atoms with van der Waals surface area (Å²) < 4.78 is 10.7. The molecule has 2 N–H and O–H groups in total. The Balaban J connectivity index is 3.16. The van der Waals surface area contributed by atoms with Crippen molar-refractivity contribution in [2.75, 3.05) is 20.8 Å². The normalized spacial score (nSPS) is 12.3. The first kappa shape index (κ1) is 12.8. The van der Waals surface area contributed by atoms with E-state index in [1.165, 1.54) is 5.56 Å². The van der Waals surface area contributed by atoms with Crippen LogP contribution in [0.3, 0.4) is 0 Å². The Hall–Kier alpha value is -1.22. The van der Waals surface area contributed by atoms with Gasteiger partial charge in [-0.3, -0.25) is 0 Å². The molecular weight excluding hydrogens is 202 g/mol. The van der Waals surface area contributed by atoms with Crippen molar-refractivity contribution >= 4 is 0 Å². The van der Waals surface area contributed by atoms with E-state index in [1.54, 1.807) is 14.2 Å². The van der Waals surface area contributed by atoms with Crippen LogP contribution in [0.1, 0.15) is 30.4 Å². The third kappa shape index (κ3) is 2.67. The Bertz CT molecular complexity index is 350. The Morgan fingerprint density at radius 2 is 1.94 bits per heavy atom. The molecule has 0 radical (unpaired) electrons. The van der Waals surface area contributed by atoms with Gasteiger partial charge in [0.1, 0.15) is 11.5 Å². The van der Waals surface area contributed by atoms with Crippen molar-refractivity contribution < 1.29 is 9.47 Å². The minimum Gasteiger partial charge on any atom is -0.497 e. The molecule has 0 saturated heterocycles. The minimum atomic E-state index is 0.383. The summed E-state index contributed by atoms with van der Waals surface area (Å²) in [6.45, 7) is 4.87. The van der Waals surface area contributed by atoms with Crippen molar-refractivity contribution in [2.45, 2.75) is 26.2 Å². The van der Waals surface area contributed by atoms with Crippen LogP contribution in [0.4, 0.5) is 0 Å². The van der Waals surface area contributed by atoms with Gasteiger partial charge in [0.15, 0.2) is 0 Å². The molecule has 0 saturated carbocycles. The second-order valence-electron chi connectivity index (χ2n) is 4.05. The number of benzene rings is 1. The largest absolute Gasteiger partial charge is 0.497 e. The Morgan fingerprint density at radius 1 is 1.25 bits per heavy atom. The molecule has 3 heteroatoms. The molecule has 0 fully saturated rings. The molecule has 1 rings (SSSR count). The second-order valence-corrected chi connectivity index (χ2v) is 4.05. The number of hydrogen-bond acceptors (Lipinski definition) is 3. The fourth-order valence-electron chi connectivity index (χ4n) is 1.94. The lowest BCUT2D eigenvalue weighted by atomic mass is 9.94. The zero-order valence-electron chi connectivity index (χ0n) is 10.5. The van der Waals surface area contributed by atoms with Crippen LogP contribution in [0, 0.1) is 6.92 Å². The highest BCUT2D eigenvalue weighted by Gasteiger charge is 2.14. The Kier molecular flexibility index (Phi) is 4.62. The minimum absolute atomic E-state index is 0.383. The quantitative estimate of drug-likeness (QED) is 0.834. The predicted octanol–water partition coefficient (Wildman–Crippen LogP) is 2.46. The van der Waals surface area contributed by atoms with E-state index in [-0.39, 0.29) is 0 Å². The van der Waals surface area contributed by atoms with Crippen LogP contribution < -0.4 is 15.2 Å². The van der Waals surface area contributed by atoms with E-state index in [4.69, 9.17) is 15.2 Å². The van der Waals surface area contributed by atoms with E-state index in [0.29, 0.717) is 12.5 Å². The fourth-order valence-corrected chi connectivity index (χ4v) is 1.94. The van der Waals surface area contributed by atoms with Crippen molar-refractivity contribution in [1.29, 1.82) is 0 Å². The molecule has 0 aliphatic rings. The molecule has 0 aliphatic carbocycles. The van der Waals surface area contributed by atoms with Gasteiger partial charge in [0, 0.05) is 5.56 Å². The van der Waals surface area contributed by atoms with Gasteiger partial charge in [0.2, 0.25) is 0 Å². The van der Waals surface area contributed by atoms with Crippen LogP contribution in [0.15, 0.2) is 12.1 Å². The van der Waals surface area contributed by atoms with Crippen molar-refractivity contribution in [3.63, 3.8) is 0 Å². The molecule has 0 heterocycles. The standard InChI is InChI=1S/C13H21NO2/c1-9(5-6-14)12-8-11(15-3)7-10(2)13(12)16-4/h7-9H,5-6,14H2,1-4H3. The average Bonchev–Trinajstić information content (AvgIpc) is 2.28. The van der Waals surface area contributed by atoms with Gasteiger partial charge in [-0.05, 0) is 43.5 Å². The van der Waals surface area contributed by atoms with E-state index in [1.807, 2.05) is 19.1 Å². The van der Waals surface area contributed by atoms with Gasteiger partial charge in [0.05, 0.1) is 14.2 Å². The summed E-state index contributed by atoms with van der Waals surface area (Å²) in [5, 5.41) is 0. The highest BCUT2D eigenvalue weighted by molar-refractivity contribution is 5.48. The number of hydrogen-bond donors (Lipinski definition) is 1. The fraction of sp³-hybridized carbons (Fsp3) is 0.538. The summed E-state index contributed by atoms with van der Waals surface area (Å²) in [4.78, 5) is 0. The van der Waals surface area contributed by atoms with Gasteiger partial charge in [-0.1, -0.05) is 6.92 Å². The van der Waals surface area contributed by atoms with Gasteiger partial charge >= 0.3 is 0 Å². The van der Waals surface area contributed by atoms with E-state index >= 15 is 0 Å². The molecule has 90 valence electrons. The summed E-state index contributed by atoms with van der Waals surface area (Å²) in [6.07, 6.45) is 0.947. The summed E-state index contributed by atoms with van der Waals surface area (Å²) >= 11 is 0. The zero-order chi connectivity index (χ0) is 12.1. The lowest BCUT2D eigenvalue weighted by Gasteiger charge is -2.18. The molecule has 1 aromatic rings. The van der Waals surface area contributed by atoms with E-state index in [2.05, 4.69) is 6.92 Å². The first-order valence-corrected chi connectivity index (χ1v) is 5.56. The second kappa shape index (κ2) is 5.75. The topological polar surface area (TPSA) is 44.5 Å². The van der Waals surface area contributed by atoms with Gasteiger partial charge in [-0.15, -0.1) is 0 Å². The highest BCUT2D eigenvalue weighted by Crippen LogP contribution is 2.35. The van der Waals surface area contributed by atoms with Crippen LogP contribution in [0.25, 0.3) is 0 Å². The number of aryl methyl sites for hydroxylation is 1. The first-order chi connectivity index (χ1) is 7.63. The van der Waals surface area contributed by atoms with Crippen molar-refractivity contribution in [3.8, 4) is 11.5 Å². The van der Waals surface area contributed by atoms with Gasteiger partial charge < -0.3 is 15.2 Å². The summed E-state index contributed by atoms with van der Waals surface area (Å²) in [5.41, 5.74) is 7.86. The van der Waals surface area contributed by atoms with Crippen molar-refractivity contribution in [1.82, 2.24) is 0 Å². The van der Waals surface area contributed by atoms with Crippen LogP contribution in [0.5, 0.6) is 11.5 Å². The summed E-state index contributed by atoms with van der Waals surface area (Å²) in [7, 11) is 3.38. The maximum atomic E-state index is 5.59. The number of ether oxygens (including phenoxy) is 2. The van der Waals surface area contributed by atoms with E-state index in [9.17, 15) is 0 Å². The maximum Gasteiger partial charge on any atom is 0.125 e. The van der Waals surface area contributed by atoms with Crippen LogP contribution in [0.2, 0.25) is 0 Å². The molecule has 0 spiro atoms. The first-order valence-electron chi connectivity index (χ1n) is 5.56. The molecule has 3 nitrogen and oxygen atoms in total. The van der Waals surface area contributed by atoms with Gasteiger partial charge in [0.25, 0.3) is 0 Å². The number of methoxy groups -OCH3 is 2. The zero-order valence-corrected chi connectivity index (χ0v) is 10.5. The lowest BCUT2D eigenvalue weighted by Crippen LogP contribution is -2.07. The molecule has 0 amide bonds. The molecular formula is C13H21NO2. The Labute approximate surface area is 97.6 Å². The summed E-state index contributed by atoms with van der Waals surface area (Å²) in [6, 6.07) is 4.02. The number of nitrogens with two attached hydrogens (primary N) is 1. The predicted molar refractivity (Wildman–Crippen MR) is 66.4 cm³/mol. The number of rotatable bonds is 5. The smallest absolute Gasteiger partial charge is 0.125 e. The molecule has 0 aromatic heterocycles. The third-order valence-electron chi connectivity index (χ3n) is 2.85. The molecule has 1 atom stereocenters. The molecule has 0 aliphatic heterocycles. The SMILES string of the molecule is COc1cc(C)c(OC)c(C(C)CCN)c1. The van der Waals surface area contributed by atoms with Crippen LogP contribution in [-0.4, -0.2) is 20.8 Å². The third-order valence-corrected chi connectivity index (χ3v) is 2.85. The van der Waals surface area contributed by atoms with Gasteiger partial charge in [-0.2, -0.15) is 0 Å². The molecule has 0 bridgehead atoms. The molecule has 1 aromatic carbocycles. The maximum absolute atomic E-state index is 5.59. The van der Waals surface area contributed by atoms with E-state index < -0.39 is 0 Å². The van der Waals surface area contributed by atoms with Gasteiger partial charge in [-0.25, -0.2) is 0 Å². The van der Waals surface area contributed by atoms with E-state index in [0.717, 1.165) is 23.5 Å². The monoisotopic (exact) mass is 223 g/mol. The van der Waals surface area contributed by atoms with Crippen LogP contribution >= 0.6 is 0 Å². The molecule has 1 unspecified atom stereocenters. The highest BCUT2D eigenvalue weighted by atomic mass is 16.5. The van der Waals surface area contributed by atoms with Crippen molar-refractivity contribution in [3.05, 3.63) is 23.3 Å². The Morgan fingerprint density at radius 3 is 2.44 bits per heavy atom. The van der Waals surface area contributed by atoms with Crippen molar-refractivity contribution in [2.24, 2.45) is 5.73 Å². The lowest BCUT2D eigenvalue weighted by molar-refractivity contribution is 0.392. The average molecular weight is 223 g/mol.